The fourth-order valence-corrected chi connectivity index (χ4v) is 6.25. The second-order valence-corrected chi connectivity index (χ2v) is 10.6. The van der Waals surface area contributed by atoms with Gasteiger partial charge in [-0.05, 0) is 114 Å². The van der Waals surface area contributed by atoms with Gasteiger partial charge < -0.3 is 0 Å². The van der Waals surface area contributed by atoms with Crippen LogP contribution in [0.4, 0.5) is 4.39 Å². The van der Waals surface area contributed by atoms with E-state index in [1.807, 2.05) is 24.5 Å². The molecule has 2 aliphatic carbocycles. The van der Waals surface area contributed by atoms with Gasteiger partial charge in [0.25, 0.3) is 0 Å². The number of fused-ring (bicyclic) bond motifs is 2. The molecule has 0 aliphatic heterocycles. The van der Waals surface area contributed by atoms with Gasteiger partial charge in [0.05, 0.1) is 5.52 Å². The van der Waals surface area contributed by atoms with Gasteiger partial charge in [-0.15, -0.1) is 0 Å². The molecule has 0 saturated heterocycles. The maximum atomic E-state index is 13.9. The van der Waals surface area contributed by atoms with Gasteiger partial charge in [-0.1, -0.05) is 6.92 Å². The molecule has 2 saturated carbocycles. The Morgan fingerprint density at radius 1 is 1.10 bits per heavy atom. The van der Waals surface area contributed by atoms with Crippen molar-refractivity contribution in [1.82, 2.24) is 9.97 Å². The topological polar surface area (TPSA) is 42.9 Å². The van der Waals surface area contributed by atoms with Gasteiger partial charge >= 0.3 is 0 Å². The summed E-state index contributed by atoms with van der Waals surface area (Å²) in [6.07, 6.45) is 8.64. The number of carbonyl (C=O) groups is 1. The van der Waals surface area contributed by atoms with Gasteiger partial charge in [-0.2, -0.15) is 0 Å². The van der Waals surface area contributed by atoms with Crippen LogP contribution >= 0.6 is 22.6 Å². The smallest absolute Gasteiger partial charge is 0.141 e. The Hall–Kier alpha value is -1.89. The Labute approximate surface area is 196 Å². The maximum absolute atomic E-state index is 13.9. The fraction of sp³-hybridized carbons (Fsp3) is 0.423. The molecule has 2 aliphatic rings. The highest BCUT2D eigenvalue weighted by atomic mass is 127. The highest BCUT2D eigenvalue weighted by Crippen LogP contribution is 2.54. The molecule has 5 rings (SSSR count). The van der Waals surface area contributed by atoms with Gasteiger partial charge in [-0.25, -0.2) is 4.39 Å². The SMILES string of the molecule is CC(C(=O)Cc1ccc(I)cn1)C1C[C@H]2CC(c3ccnc4ccc(F)cc34)C[C@H]2C1. The minimum absolute atomic E-state index is 0.0842. The number of Topliss-reactive ketones (excluding diaryl/α,β-unsaturated/α-hetero) is 1. The standard InChI is InChI=1S/C26H26FIN2O/c1-15(26(31)13-22-4-3-21(28)14-30-22)16-8-17-10-19(11-18(17)9-16)23-6-7-29-25-5-2-20(27)12-24(23)25/h2-7,12,14-19H,8-11,13H2,1H3/t15?,16?,17-,18+,19?. The molecule has 5 atom stereocenters. The summed E-state index contributed by atoms with van der Waals surface area (Å²) in [5, 5.41) is 0.956. The van der Waals surface area contributed by atoms with E-state index >= 15 is 0 Å². The molecule has 31 heavy (non-hydrogen) atoms. The molecule has 5 heteroatoms. The van der Waals surface area contributed by atoms with Gasteiger partial charge in [0.1, 0.15) is 11.6 Å². The van der Waals surface area contributed by atoms with Crippen molar-refractivity contribution in [3.8, 4) is 0 Å². The van der Waals surface area contributed by atoms with Crippen LogP contribution in [-0.2, 0) is 11.2 Å². The quantitative estimate of drug-likeness (QED) is 0.363. The first-order chi connectivity index (χ1) is 15.0. The zero-order valence-corrected chi connectivity index (χ0v) is 19.8. The fourth-order valence-electron chi connectivity index (χ4n) is 5.93. The van der Waals surface area contributed by atoms with Crippen molar-refractivity contribution in [2.75, 3.05) is 0 Å². The highest BCUT2D eigenvalue weighted by Gasteiger charge is 2.44. The zero-order valence-electron chi connectivity index (χ0n) is 17.6. The van der Waals surface area contributed by atoms with E-state index in [-0.39, 0.29) is 11.7 Å². The average Bonchev–Trinajstić information content (AvgIpc) is 3.33. The van der Waals surface area contributed by atoms with Crippen LogP contribution in [0.15, 0.2) is 48.8 Å². The van der Waals surface area contributed by atoms with Crippen molar-refractivity contribution in [1.29, 1.82) is 0 Å². The molecule has 0 amide bonds. The summed E-state index contributed by atoms with van der Waals surface area (Å²) >= 11 is 2.23. The minimum atomic E-state index is -0.199. The van der Waals surface area contributed by atoms with Crippen LogP contribution < -0.4 is 0 Å². The molecule has 2 aromatic heterocycles. The monoisotopic (exact) mass is 528 g/mol. The Morgan fingerprint density at radius 2 is 1.87 bits per heavy atom. The molecule has 0 radical (unpaired) electrons. The molecule has 3 unspecified atom stereocenters. The van der Waals surface area contributed by atoms with Gasteiger partial charge in [-0.3, -0.25) is 14.8 Å². The number of halogens is 2. The second kappa shape index (κ2) is 8.57. The number of carbonyl (C=O) groups excluding carboxylic acids is 1. The van der Waals surface area contributed by atoms with E-state index in [0.29, 0.717) is 35.9 Å². The second-order valence-electron chi connectivity index (χ2n) is 9.38. The van der Waals surface area contributed by atoms with Crippen LogP contribution in [0.1, 0.15) is 49.8 Å². The summed E-state index contributed by atoms with van der Waals surface area (Å²) in [6, 6.07) is 10.9. The lowest BCUT2D eigenvalue weighted by Crippen LogP contribution is -2.22. The zero-order chi connectivity index (χ0) is 21.5. The number of ketones is 1. The molecule has 1 aromatic carbocycles. The van der Waals surface area contributed by atoms with Crippen molar-refractivity contribution < 1.29 is 9.18 Å². The van der Waals surface area contributed by atoms with Crippen molar-refractivity contribution in [2.45, 2.75) is 44.9 Å². The number of aromatic nitrogens is 2. The van der Waals surface area contributed by atoms with Crippen molar-refractivity contribution in [3.05, 3.63) is 69.4 Å². The summed E-state index contributed by atoms with van der Waals surface area (Å²) in [5.41, 5.74) is 2.98. The van der Waals surface area contributed by atoms with E-state index in [1.54, 1.807) is 12.1 Å². The van der Waals surface area contributed by atoms with Crippen molar-refractivity contribution >= 4 is 39.3 Å². The number of benzene rings is 1. The number of pyridine rings is 2. The Kier molecular flexibility index (Phi) is 5.80. The summed E-state index contributed by atoms with van der Waals surface area (Å²) in [5.74, 6) is 2.46. The first-order valence-electron chi connectivity index (χ1n) is 11.1. The summed E-state index contributed by atoms with van der Waals surface area (Å²) in [4.78, 5) is 21.7. The Balaban J connectivity index is 1.24. The van der Waals surface area contributed by atoms with E-state index in [1.165, 1.54) is 11.6 Å². The van der Waals surface area contributed by atoms with Gasteiger partial charge in [0.2, 0.25) is 0 Å². The summed E-state index contributed by atoms with van der Waals surface area (Å²) < 4.78 is 14.9. The molecule has 2 heterocycles. The first kappa shape index (κ1) is 21.0. The first-order valence-corrected chi connectivity index (χ1v) is 12.2. The van der Waals surface area contributed by atoms with Gasteiger partial charge in [0, 0.05) is 39.4 Å². The molecule has 3 aromatic rings. The Bertz CT molecular complexity index is 1100. The van der Waals surface area contributed by atoms with Crippen molar-refractivity contribution in [2.24, 2.45) is 23.7 Å². The number of nitrogens with zero attached hydrogens (tertiary/aromatic N) is 2. The number of hydrogen-bond acceptors (Lipinski definition) is 3. The maximum Gasteiger partial charge on any atom is 0.141 e. The van der Waals surface area contributed by atoms with E-state index < -0.39 is 0 Å². The van der Waals surface area contributed by atoms with Crippen LogP contribution in [0.2, 0.25) is 0 Å². The van der Waals surface area contributed by atoms with E-state index in [0.717, 1.165) is 45.9 Å². The van der Waals surface area contributed by atoms with Crippen LogP contribution in [0.3, 0.4) is 0 Å². The predicted molar refractivity (Wildman–Crippen MR) is 128 cm³/mol. The lowest BCUT2D eigenvalue weighted by atomic mass is 9.83. The van der Waals surface area contributed by atoms with Crippen LogP contribution in [0.5, 0.6) is 0 Å². The third-order valence-electron chi connectivity index (χ3n) is 7.59. The predicted octanol–water partition coefficient (Wildman–Crippen LogP) is 6.34. The van der Waals surface area contributed by atoms with Crippen LogP contribution in [0.25, 0.3) is 10.9 Å². The normalized spacial score (nSPS) is 26.2. The minimum Gasteiger partial charge on any atom is -0.299 e. The molecule has 0 spiro atoms. The third-order valence-corrected chi connectivity index (χ3v) is 8.23. The number of rotatable bonds is 5. The molecule has 3 nitrogen and oxygen atoms in total. The Morgan fingerprint density at radius 3 is 2.58 bits per heavy atom. The van der Waals surface area contributed by atoms with E-state index in [4.69, 9.17) is 0 Å². The lowest BCUT2D eigenvalue weighted by molar-refractivity contribution is -0.123. The van der Waals surface area contributed by atoms with Crippen LogP contribution in [0, 0.1) is 33.1 Å². The molecule has 2 fully saturated rings. The van der Waals surface area contributed by atoms with E-state index in [2.05, 4.69) is 45.5 Å². The average molecular weight is 528 g/mol. The highest BCUT2D eigenvalue weighted by molar-refractivity contribution is 14.1. The molecule has 0 N–H and O–H groups in total. The molecular formula is C26H26FIN2O. The molecule has 0 bridgehead atoms. The van der Waals surface area contributed by atoms with E-state index in [9.17, 15) is 9.18 Å². The number of hydrogen-bond donors (Lipinski definition) is 0. The largest absolute Gasteiger partial charge is 0.299 e. The molecule has 160 valence electrons. The summed E-state index contributed by atoms with van der Waals surface area (Å²) in [7, 11) is 0. The van der Waals surface area contributed by atoms with Crippen LogP contribution in [-0.4, -0.2) is 15.8 Å². The van der Waals surface area contributed by atoms with Gasteiger partial charge in [0.15, 0.2) is 0 Å². The lowest BCUT2D eigenvalue weighted by Gasteiger charge is -2.21. The summed E-state index contributed by atoms with van der Waals surface area (Å²) in [6.45, 7) is 2.11. The third kappa shape index (κ3) is 4.26. The molecular weight excluding hydrogens is 502 g/mol. The van der Waals surface area contributed by atoms with Crippen molar-refractivity contribution in [3.63, 3.8) is 0 Å².